The molecule has 0 aromatic carbocycles. The third-order valence-corrected chi connectivity index (χ3v) is 4.29. The summed E-state index contributed by atoms with van der Waals surface area (Å²) in [5.74, 6) is -0.0279. The average Bonchev–Trinajstić information content (AvgIpc) is 2.82. The molecule has 0 spiro atoms. The molecule has 0 bridgehead atoms. The van der Waals surface area contributed by atoms with Gasteiger partial charge >= 0.3 is 0 Å². The number of nitrogens with zero attached hydrogens (tertiary/aromatic N) is 1. The number of hydrogen-bond acceptors (Lipinski definition) is 3. The van der Waals surface area contributed by atoms with Crippen LogP contribution in [0.4, 0.5) is 0 Å². The lowest BCUT2D eigenvalue weighted by Crippen LogP contribution is -2.22. The van der Waals surface area contributed by atoms with Crippen molar-refractivity contribution >= 4 is 33.0 Å². The van der Waals surface area contributed by atoms with Crippen LogP contribution in [-0.4, -0.2) is 10.4 Å². The lowest BCUT2D eigenvalue weighted by atomic mass is 10.3. The number of aromatic nitrogens is 1. The summed E-state index contributed by atoms with van der Waals surface area (Å²) < 4.78 is 2.20. The van der Waals surface area contributed by atoms with E-state index in [0.717, 1.165) is 10.9 Å². The van der Waals surface area contributed by atoms with Crippen molar-refractivity contribution in [1.29, 1.82) is 0 Å². The van der Waals surface area contributed by atoms with Crippen LogP contribution in [0.2, 0.25) is 0 Å². The van der Waals surface area contributed by atoms with Crippen LogP contribution in [0, 0.1) is 0 Å². The highest BCUT2D eigenvalue weighted by atomic mass is 79.9. The maximum Gasteiger partial charge on any atom is 0.251 e. The largest absolute Gasteiger partial charge is 0.307 e. The normalized spacial score (nSPS) is 10.6. The smallest absolute Gasteiger partial charge is 0.251 e. The summed E-state index contributed by atoms with van der Waals surface area (Å²) in [6.45, 7) is 2.14. The molecule has 2 aromatic heterocycles. The summed E-state index contributed by atoms with van der Waals surface area (Å²) in [4.78, 5) is 25.5. The molecular formula is C13H12BrNO2S. The number of aryl methyl sites for hydroxylation is 1. The maximum atomic E-state index is 12.0. The van der Waals surface area contributed by atoms with Crippen LogP contribution >= 0.6 is 27.3 Å². The number of hydrogen-bond donors (Lipinski definition) is 0. The van der Waals surface area contributed by atoms with Gasteiger partial charge in [0.1, 0.15) is 0 Å². The lowest BCUT2D eigenvalue weighted by molar-refractivity contribution is 0.0974. The second kappa shape index (κ2) is 5.63. The van der Waals surface area contributed by atoms with Crippen molar-refractivity contribution < 1.29 is 4.79 Å². The molecule has 0 saturated heterocycles. The SMILES string of the molecule is CCc1ccc(C(=O)Cn2cc(Br)ccc2=O)s1. The number of carbonyl (C=O) groups excluding carboxylic acids is 1. The van der Waals surface area contributed by atoms with Gasteiger partial charge in [-0.1, -0.05) is 6.92 Å². The summed E-state index contributed by atoms with van der Waals surface area (Å²) in [7, 11) is 0. The van der Waals surface area contributed by atoms with Crippen molar-refractivity contribution in [3.05, 3.63) is 55.0 Å². The van der Waals surface area contributed by atoms with Gasteiger partial charge in [-0.15, -0.1) is 11.3 Å². The molecule has 0 radical (unpaired) electrons. The Kier molecular flexibility index (Phi) is 4.14. The predicted octanol–water partition coefficient (Wildman–Crippen LogP) is 3.12. The van der Waals surface area contributed by atoms with Crippen molar-refractivity contribution in [3.63, 3.8) is 0 Å². The van der Waals surface area contributed by atoms with Gasteiger partial charge in [0.2, 0.25) is 0 Å². The number of Topliss-reactive ketones (excluding diaryl/α,β-unsaturated/α-hetero) is 1. The molecule has 0 saturated carbocycles. The van der Waals surface area contributed by atoms with Gasteiger partial charge in [-0.25, -0.2) is 0 Å². The minimum Gasteiger partial charge on any atom is -0.307 e. The molecule has 0 N–H and O–H groups in total. The van der Waals surface area contributed by atoms with Crippen molar-refractivity contribution in [1.82, 2.24) is 4.57 Å². The van der Waals surface area contributed by atoms with Crippen LogP contribution in [0.5, 0.6) is 0 Å². The molecule has 3 nitrogen and oxygen atoms in total. The van der Waals surface area contributed by atoms with E-state index in [0.29, 0.717) is 4.88 Å². The highest BCUT2D eigenvalue weighted by Gasteiger charge is 2.10. The van der Waals surface area contributed by atoms with Crippen LogP contribution in [0.25, 0.3) is 0 Å². The zero-order valence-electron chi connectivity index (χ0n) is 9.85. The maximum absolute atomic E-state index is 12.0. The number of carbonyl (C=O) groups is 1. The first-order valence-electron chi connectivity index (χ1n) is 5.58. The van der Waals surface area contributed by atoms with Crippen molar-refractivity contribution in [2.45, 2.75) is 19.9 Å². The summed E-state index contributed by atoms with van der Waals surface area (Å²) in [6.07, 6.45) is 2.56. The van der Waals surface area contributed by atoms with Gasteiger partial charge in [0.05, 0.1) is 11.4 Å². The van der Waals surface area contributed by atoms with E-state index in [9.17, 15) is 9.59 Å². The Labute approximate surface area is 117 Å². The predicted molar refractivity (Wildman–Crippen MR) is 76.4 cm³/mol. The molecule has 2 rings (SSSR count). The molecule has 2 aromatic rings. The molecule has 0 amide bonds. The molecule has 2 heterocycles. The Hall–Kier alpha value is -1.20. The Morgan fingerprint density at radius 2 is 2.11 bits per heavy atom. The van der Waals surface area contributed by atoms with Gasteiger partial charge < -0.3 is 4.57 Å². The highest BCUT2D eigenvalue weighted by Crippen LogP contribution is 2.18. The van der Waals surface area contributed by atoms with E-state index < -0.39 is 0 Å². The first kappa shape index (κ1) is 13.2. The van der Waals surface area contributed by atoms with E-state index in [1.165, 1.54) is 26.8 Å². The minimum atomic E-state index is -0.168. The van der Waals surface area contributed by atoms with E-state index in [-0.39, 0.29) is 17.9 Å². The third kappa shape index (κ3) is 2.97. The van der Waals surface area contributed by atoms with Crippen LogP contribution in [0.1, 0.15) is 21.5 Å². The fourth-order valence-corrected chi connectivity index (χ4v) is 2.83. The van der Waals surface area contributed by atoms with E-state index in [4.69, 9.17) is 0 Å². The monoisotopic (exact) mass is 325 g/mol. The lowest BCUT2D eigenvalue weighted by Gasteiger charge is -2.03. The molecule has 5 heteroatoms. The fraction of sp³-hybridized carbons (Fsp3) is 0.231. The van der Waals surface area contributed by atoms with Gasteiger partial charge in [0.25, 0.3) is 5.56 Å². The summed E-state index contributed by atoms with van der Waals surface area (Å²) >= 11 is 4.78. The Morgan fingerprint density at radius 3 is 2.78 bits per heavy atom. The number of rotatable bonds is 4. The van der Waals surface area contributed by atoms with Crippen LogP contribution in [0.3, 0.4) is 0 Å². The zero-order valence-corrected chi connectivity index (χ0v) is 12.3. The Morgan fingerprint density at radius 1 is 1.33 bits per heavy atom. The second-order valence-electron chi connectivity index (χ2n) is 3.86. The summed E-state index contributed by atoms with van der Waals surface area (Å²) in [5, 5.41) is 0. The summed E-state index contributed by atoms with van der Waals surface area (Å²) in [6, 6.07) is 6.91. The van der Waals surface area contributed by atoms with E-state index in [1.807, 2.05) is 12.1 Å². The second-order valence-corrected chi connectivity index (χ2v) is 5.94. The number of thiophene rings is 1. The van der Waals surface area contributed by atoms with Gasteiger partial charge in [-0.2, -0.15) is 0 Å². The van der Waals surface area contributed by atoms with Crippen LogP contribution in [-0.2, 0) is 13.0 Å². The fourth-order valence-electron chi connectivity index (χ4n) is 1.58. The summed E-state index contributed by atoms with van der Waals surface area (Å²) in [5.41, 5.74) is -0.168. The van der Waals surface area contributed by atoms with Crippen LogP contribution in [0.15, 0.2) is 39.7 Å². The number of ketones is 1. The van der Waals surface area contributed by atoms with Gasteiger partial charge in [-0.05, 0) is 40.5 Å². The Balaban J connectivity index is 2.21. The van der Waals surface area contributed by atoms with Crippen molar-refractivity contribution in [2.24, 2.45) is 0 Å². The molecule has 0 aliphatic rings. The zero-order chi connectivity index (χ0) is 13.1. The number of halogens is 1. The van der Waals surface area contributed by atoms with Gasteiger partial charge in [0.15, 0.2) is 5.78 Å². The first-order valence-corrected chi connectivity index (χ1v) is 7.19. The molecule has 0 aliphatic heterocycles. The molecule has 0 unspecified atom stereocenters. The molecular weight excluding hydrogens is 314 g/mol. The molecule has 0 aliphatic carbocycles. The van der Waals surface area contributed by atoms with Crippen molar-refractivity contribution in [3.8, 4) is 0 Å². The third-order valence-electron chi connectivity index (χ3n) is 2.55. The standard InChI is InChI=1S/C13H12BrNO2S/c1-2-10-4-5-12(18-10)11(16)8-15-7-9(14)3-6-13(15)17/h3-7H,2,8H2,1H3. The van der Waals surface area contributed by atoms with E-state index in [1.54, 1.807) is 12.3 Å². The van der Waals surface area contributed by atoms with Crippen LogP contribution < -0.4 is 5.56 Å². The van der Waals surface area contributed by atoms with Gasteiger partial charge in [-0.3, -0.25) is 9.59 Å². The molecule has 94 valence electrons. The van der Waals surface area contributed by atoms with E-state index in [2.05, 4.69) is 22.9 Å². The molecule has 0 fully saturated rings. The molecule has 18 heavy (non-hydrogen) atoms. The highest BCUT2D eigenvalue weighted by molar-refractivity contribution is 9.10. The Bertz CT molecular complexity index is 630. The first-order chi connectivity index (χ1) is 8.60. The number of pyridine rings is 1. The van der Waals surface area contributed by atoms with Crippen molar-refractivity contribution in [2.75, 3.05) is 0 Å². The average molecular weight is 326 g/mol. The minimum absolute atomic E-state index is 0.0279. The van der Waals surface area contributed by atoms with E-state index >= 15 is 0 Å². The quantitative estimate of drug-likeness (QED) is 0.810. The topological polar surface area (TPSA) is 39.1 Å². The van der Waals surface area contributed by atoms with Gasteiger partial charge in [0, 0.05) is 21.6 Å². The molecule has 0 atom stereocenters.